The summed E-state index contributed by atoms with van der Waals surface area (Å²) in [5.41, 5.74) is 0.758. The Kier molecular flexibility index (Phi) is 11.0. The quantitative estimate of drug-likeness (QED) is 0.353. The summed E-state index contributed by atoms with van der Waals surface area (Å²) in [6.07, 6.45) is -1.55. The van der Waals surface area contributed by atoms with Gasteiger partial charge >= 0.3 is 20.1 Å². The second kappa shape index (κ2) is 13.9. The van der Waals surface area contributed by atoms with Crippen molar-refractivity contribution >= 4 is 37.1 Å². The van der Waals surface area contributed by atoms with Crippen LogP contribution in [0.5, 0.6) is 0 Å². The molecule has 0 radical (unpaired) electrons. The summed E-state index contributed by atoms with van der Waals surface area (Å²) in [7, 11) is -2.34. The van der Waals surface area contributed by atoms with E-state index in [0.29, 0.717) is 5.30 Å². The Labute approximate surface area is 203 Å². The van der Waals surface area contributed by atoms with Crippen molar-refractivity contribution in [3.63, 3.8) is 0 Å². The van der Waals surface area contributed by atoms with Crippen molar-refractivity contribution in [2.45, 2.75) is 39.0 Å². The molecule has 0 saturated carbocycles. The molecule has 0 aliphatic heterocycles. The number of carboxylic acid groups (broad SMARTS) is 1. The molecule has 2 aromatic rings. The van der Waals surface area contributed by atoms with Gasteiger partial charge in [-0.3, -0.25) is 14.4 Å². The standard InChI is InChI=1S/C24H27N2O8P/c1-16(2)22(26-24(31)33-14-17-9-5-3-6-10-17)23(30)25-19(13-21(28)29)20(27)15-34-35(32)18-11-7-4-8-12-18/h3-12,16,19,22H,13-15H2,1-2H3,(H2-,25,26,28,29,30,31)/p+1/t19-,22+/m0/s1. The van der Waals surface area contributed by atoms with E-state index in [1.54, 1.807) is 68.4 Å². The average molecular weight is 503 g/mol. The van der Waals surface area contributed by atoms with Crippen LogP contribution < -0.4 is 15.9 Å². The van der Waals surface area contributed by atoms with Gasteiger partial charge in [-0.15, -0.1) is 4.52 Å². The first-order valence-electron chi connectivity index (χ1n) is 10.8. The highest BCUT2D eigenvalue weighted by atomic mass is 31.1. The minimum absolute atomic E-state index is 0.00381. The number of carbonyl (C=O) groups excluding carboxylic acids is 3. The summed E-state index contributed by atoms with van der Waals surface area (Å²) in [6.45, 7) is 2.67. The van der Waals surface area contributed by atoms with Crippen LogP contribution in [0, 0.1) is 5.92 Å². The number of carbonyl (C=O) groups is 4. The summed E-state index contributed by atoms with van der Waals surface area (Å²) in [5.74, 6) is -3.26. The van der Waals surface area contributed by atoms with Gasteiger partial charge in [0.15, 0.2) is 12.4 Å². The lowest BCUT2D eigenvalue weighted by Gasteiger charge is -2.24. The lowest BCUT2D eigenvalue weighted by Crippen LogP contribution is -2.54. The minimum atomic E-state index is -2.34. The molecule has 0 fully saturated rings. The molecule has 2 rings (SSSR count). The number of amides is 2. The number of rotatable bonds is 13. The van der Waals surface area contributed by atoms with E-state index in [1.165, 1.54) is 0 Å². The van der Waals surface area contributed by atoms with Crippen LogP contribution in [-0.2, 0) is 34.8 Å². The highest BCUT2D eigenvalue weighted by Gasteiger charge is 2.32. The predicted molar refractivity (Wildman–Crippen MR) is 127 cm³/mol. The number of Topliss-reactive ketones (excluding diaryl/α,β-unsaturated/α-hetero) is 1. The van der Waals surface area contributed by atoms with E-state index in [4.69, 9.17) is 9.26 Å². The number of alkyl carbamates (subject to hydrolysis) is 1. The lowest BCUT2D eigenvalue weighted by molar-refractivity contribution is -0.140. The third-order valence-corrected chi connectivity index (χ3v) is 5.89. The third-order valence-electron chi connectivity index (χ3n) is 4.81. The van der Waals surface area contributed by atoms with Gasteiger partial charge in [-0.2, -0.15) is 0 Å². The molecule has 0 saturated heterocycles. The van der Waals surface area contributed by atoms with E-state index in [0.717, 1.165) is 5.56 Å². The zero-order valence-corrected chi connectivity index (χ0v) is 20.3. The Bertz CT molecular complexity index is 1030. The molecule has 0 aromatic heterocycles. The summed E-state index contributed by atoms with van der Waals surface area (Å²) >= 11 is 0. The maximum atomic E-state index is 12.8. The van der Waals surface area contributed by atoms with Crippen molar-refractivity contribution in [2.75, 3.05) is 6.61 Å². The molecule has 11 heteroatoms. The first kappa shape index (κ1) is 27.6. The van der Waals surface area contributed by atoms with Gasteiger partial charge in [0.25, 0.3) is 0 Å². The van der Waals surface area contributed by atoms with Gasteiger partial charge in [-0.05, 0) is 28.2 Å². The van der Waals surface area contributed by atoms with Crippen molar-refractivity contribution in [1.82, 2.24) is 10.6 Å². The normalized spacial score (nSPS) is 12.8. The number of benzene rings is 2. The van der Waals surface area contributed by atoms with Crippen LogP contribution in [0.4, 0.5) is 4.79 Å². The van der Waals surface area contributed by atoms with Crippen LogP contribution >= 0.6 is 8.03 Å². The Morgan fingerprint density at radius 2 is 1.54 bits per heavy atom. The summed E-state index contributed by atoms with van der Waals surface area (Å²) in [4.78, 5) is 48.9. The molecule has 35 heavy (non-hydrogen) atoms. The largest absolute Gasteiger partial charge is 0.549 e. The monoisotopic (exact) mass is 503 g/mol. The third kappa shape index (κ3) is 9.64. The van der Waals surface area contributed by atoms with Gasteiger partial charge in [-0.1, -0.05) is 62.4 Å². The molecule has 0 aliphatic carbocycles. The molecule has 10 nitrogen and oxygen atoms in total. The second-order valence-electron chi connectivity index (χ2n) is 7.92. The molecule has 0 bridgehead atoms. The molecular formula is C24H28N2O8P+. The molecular weight excluding hydrogens is 475 g/mol. The van der Waals surface area contributed by atoms with Crippen molar-refractivity contribution in [3.05, 3.63) is 66.2 Å². The summed E-state index contributed by atoms with van der Waals surface area (Å²) in [5, 5.41) is 14.4. The molecule has 2 amide bonds. The Morgan fingerprint density at radius 1 is 0.943 bits per heavy atom. The number of ketones is 1. The molecule has 186 valence electrons. The average Bonchev–Trinajstić information content (AvgIpc) is 2.84. The number of ether oxygens (including phenoxy) is 1. The van der Waals surface area contributed by atoms with Crippen LogP contribution in [0.25, 0.3) is 0 Å². The van der Waals surface area contributed by atoms with Crippen molar-refractivity contribution in [3.8, 4) is 0 Å². The van der Waals surface area contributed by atoms with Crippen LogP contribution in [0.2, 0.25) is 0 Å². The van der Waals surface area contributed by atoms with Gasteiger partial charge in [-0.25, -0.2) is 4.79 Å². The van der Waals surface area contributed by atoms with Crippen molar-refractivity contribution in [2.24, 2.45) is 5.92 Å². The van der Waals surface area contributed by atoms with E-state index in [2.05, 4.69) is 10.6 Å². The van der Waals surface area contributed by atoms with Crippen LogP contribution in [0.3, 0.4) is 0 Å². The number of hydrogen-bond donors (Lipinski definition) is 3. The molecule has 3 atom stereocenters. The molecule has 1 unspecified atom stereocenters. The molecule has 2 aromatic carbocycles. The zero-order valence-electron chi connectivity index (χ0n) is 19.4. The van der Waals surface area contributed by atoms with Crippen molar-refractivity contribution in [1.29, 1.82) is 0 Å². The van der Waals surface area contributed by atoms with Gasteiger partial charge in [0.05, 0.1) is 6.42 Å². The summed E-state index contributed by atoms with van der Waals surface area (Å²) in [6, 6.07) is 14.6. The first-order chi connectivity index (χ1) is 16.7. The van der Waals surface area contributed by atoms with Gasteiger partial charge in [0.2, 0.25) is 11.2 Å². The van der Waals surface area contributed by atoms with E-state index in [9.17, 15) is 28.8 Å². The van der Waals surface area contributed by atoms with Gasteiger partial charge in [0, 0.05) is 0 Å². The second-order valence-corrected chi connectivity index (χ2v) is 9.21. The van der Waals surface area contributed by atoms with Crippen LogP contribution in [0.15, 0.2) is 60.7 Å². The number of carboxylic acids is 1. The van der Waals surface area contributed by atoms with E-state index >= 15 is 0 Å². The summed E-state index contributed by atoms with van der Waals surface area (Å²) < 4.78 is 22.5. The SMILES string of the molecule is CC(C)[C@@H](NC(=O)OCc1ccccc1)C(=O)N[C@@H](CC(=O)O)C(=O)CO[P+](=O)c1ccccc1. The van der Waals surface area contributed by atoms with Crippen LogP contribution in [-0.4, -0.2) is 47.6 Å². The van der Waals surface area contributed by atoms with Crippen LogP contribution in [0.1, 0.15) is 25.8 Å². The Morgan fingerprint density at radius 3 is 2.11 bits per heavy atom. The fourth-order valence-electron chi connectivity index (χ4n) is 2.96. The first-order valence-corrected chi connectivity index (χ1v) is 12.0. The molecule has 3 N–H and O–H groups in total. The Balaban J connectivity index is 1.97. The molecule has 0 spiro atoms. The lowest BCUT2D eigenvalue weighted by atomic mass is 10.0. The zero-order chi connectivity index (χ0) is 25.8. The van der Waals surface area contributed by atoms with Gasteiger partial charge < -0.3 is 20.5 Å². The Hall–Kier alpha value is -3.62. The number of hydrogen-bond acceptors (Lipinski definition) is 7. The van der Waals surface area contributed by atoms with E-state index in [1.807, 2.05) is 6.07 Å². The molecule has 0 heterocycles. The molecule has 0 aliphatic rings. The highest BCUT2D eigenvalue weighted by molar-refractivity contribution is 7.48. The fraction of sp³-hybridized carbons (Fsp3) is 0.333. The maximum absolute atomic E-state index is 12.8. The maximum Gasteiger partial charge on any atom is 0.549 e. The fourth-order valence-corrected chi connectivity index (χ4v) is 3.76. The van der Waals surface area contributed by atoms with Gasteiger partial charge in [0.1, 0.15) is 18.7 Å². The topological polar surface area (TPSA) is 148 Å². The number of nitrogens with one attached hydrogen (secondary N) is 2. The predicted octanol–water partition coefficient (Wildman–Crippen LogP) is 2.55. The van der Waals surface area contributed by atoms with E-state index in [-0.39, 0.29) is 6.61 Å². The minimum Gasteiger partial charge on any atom is -0.481 e. The number of aliphatic carboxylic acids is 1. The highest BCUT2D eigenvalue weighted by Crippen LogP contribution is 2.21. The van der Waals surface area contributed by atoms with E-state index < -0.39 is 62.8 Å². The smallest absolute Gasteiger partial charge is 0.481 e. The van der Waals surface area contributed by atoms with Crippen molar-refractivity contribution < 1.29 is 38.1 Å².